The normalized spacial score (nSPS) is 15.3. The van der Waals surface area contributed by atoms with E-state index in [9.17, 15) is 9.59 Å². The Bertz CT molecular complexity index is 431. The number of benzene rings is 1. The highest BCUT2D eigenvalue weighted by atomic mass is 16.2. The largest absolute Gasteiger partial charge is 0.375 e. The third-order valence-electron chi connectivity index (χ3n) is 3.19. The molecule has 1 aliphatic heterocycles. The highest BCUT2D eigenvalue weighted by Gasteiger charge is 2.26. The first-order valence-electron chi connectivity index (χ1n) is 6.22. The lowest BCUT2D eigenvalue weighted by atomic mass is 10.3. The highest BCUT2D eigenvalue weighted by molar-refractivity contribution is 6.05. The summed E-state index contributed by atoms with van der Waals surface area (Å²) in [5.74, 6) is 0.0128. The third-order valence-corrected chi connectivity index (χ3v) is 3.19. The van der Waals surface area contributed by atoms with Crippen molar-refractivity contribution in [1.29, 1.82) is 0 Å². The van der Waals surface area contributed by atoms with Crippen LogP contribution in [0.4, 0.5) is 5.69 Å². The molecular weight excluding hydrogens is 228 g/mol. The van der Waals surface area contributed by atoms with E-state index in [1.54, 1.807) is 4.90 Å². The van der Waals surface area contributed by atoms with E-state index in [2.05, 4.69) is 17.0 Å². The number of carbonyl (C=O) groups excluding carboxylic acids is 2. The SMILES string of the molecule is CN(CCCN1CC(=O)CC1=O)c1ccccc1. The standard InChI is InChI=1S/C14H18N2O2/c1-15(12-6-3-2-4-7-12)8-5-9-16-11-13(17)10-14(16)18/h2-4,6-7H,5,8-11H2,1H3. The van der Waals surface area contributed by atoms with Crippen LogP contribution in [-0.2, 0) is 9.59 Å². The molecule has 2 rings (SSSR count). The van der Waals surface area contributed by atoms with E-state index in [1.807, 2.05) is 25.2 Å². The van der Waals surface area contributed by atoms with Gasteiger partial charge in [0.1, 0.15) is 0 Å². The van der Waals surface area contributed by atoms with Gasteiger partial charge >= 0.3 is 0 Å². The van der Waals surface area contributed by atoms with Gasteiger partial charge < -0.3 is 9.80 Å². The molecule has 1 heterocycles. The number of amides is 1. The van der Waals surface area contributed by atoms with Crippen molar-refractivity contribution in [2.75, 3.05) is 31.6 Å². The number of para-hydroxylation sites is 1. The van der Waals surface area contributed by atoms with Gasteiger partial charge in [-0.25, -0.2) is 0 Å². The second-order valence-electron chi connectivity index (χ2n) is 4.64. The summed E-state index contributed by atoms with van der Waals surface area (Å²) in [7, 11) is 2.03. The predicted molar refractivity (Wildman–Crippen MR) is 70.5 cm³/mol. The molecule has 1 amide bonds. The van der Waals surface area contributed by atoms with E-state index in [1.165, 1.54) is 5.69 Å². The van der Waals surface area contributed by atoms with E-state index in [0.717, 1.165) is 13.0 Å². The van der Waals surface area contributed by atoms with E-state index in [-0.39, 0.29) is 18.1 Å². The van der Waals surface area contributed by atoms with Gasteiger partial charge in [0.15, 0.2) is 5.78 Å². The van der Waals surface area contributed by atoms with Crippen LogP contribution in [0.1, 0.15) is 12.8 Å². The van der Waals surface area contributed by atoms with Gasteiger partial charge in [0, 0.05) is 25.8 Å². The molecular formula is C14H18N2O2. The molecule has 0 unspecified atom stereocenters. The topological polar surface area (TPSA) is 40.6 Å². The van der Waals surface area contributed by atoms with Crippen molar-refractivity contribution < 1.29 is 9.59 Å². The lowest BCUT2D eigenvalue weighted by Crippen LogP contribution is -2.29. The molecule has 4 heteroatoms. The third kappa shape index (κ3) is 3.09. The average molecular weight is 246 g/mol. The van der Waals surface area contributed by atoms with Crippen molar-refractivity contribution >= 4 is 17.4 Å². The average Bonchev–Trinajstić information content (AvgIpc) is 2.69. The Morgan fingerprint density at radius 2 is 1.94 bits per heavy atom. The minimum atomic E-state index is -0.0256. The fourth-order valence-electron chi connectivity index (χ4n) is 2.15. The van der Waals surface area contributed by atoms with Crippen molar-refractivity contribution in [2.24, 2.45) is 0 Å². The van der Waals surface area contributed by atoms with Crippen molar-refractivity contribution in [3.63, 3.8) is 0 Å². The van der Waals surface area contributed by atoms with Crippen LogP contribution < -0.4 is 4.90 Å². The maximum atomic E-state index is 11.4. The zero-order chi connectivity index (χ0) is 13.0. The lowest BCUT2D eigenvalue weighted by molar-refractivity contribution is -0.127. The van der Waals surface area contributed by atoms with E-state index < -0.39 is 0 Å². The van der Waals surface area contributed by atoms with Crippen LogP contribution in [0.5, 0.6) is 0 Å². The monoisotopic (exact) mass is 246 g/mol. The molecule has 0 aliphatic carbocycles. The quantitative estimate of drug-likeness (QED) is 0.736. The molecule has 0 spiro atoms. The fraction of sp³-hybridized carbons (Fsp3) is 0.429. The molecule has 1 aromatic rings. The van der Waals surface area contributed by atoms with Crippen LogP contribution in [0.2, 0.25) is 0 Å². The Morgan fingerprint density at radius 3 is 2.56 bits per heavy atom. The second kappa shape index (κ2) is 5.67. The molecule has 1 saturated heterocycles. The van der Waals surface area contributed by atoms with Gasteiger partial charge in [-0.1, -0.05) is 18.2 Å². The Morgan fingerprint density at radius 1 is 1.22 bits per heavy atom. The van der Waals surface area contributed by atoms with E-state index >= 15 is 0 Å². The summed E-state index contributed by atoms with van der Waals surface area (Å²) in [5, 5.41) is 0. The number of hydrogen-bond acceptors (Lipinski definition) is 3. The summed E-state index contributed by atoms with van der Waals surface area (Å²) >= 11 is 0. The van der Waals surface area contributed by atoms with Crippen LogP contribution in [0, 0.1) is 0 Å². The van der Waals surface area contributed by atoms with Crippen molar-refractivity contribution in [3.8, 4) is 0 Å². The number of hydrogen-bond donors (Lipinski definition) is 0. The van der Waals surface area contributed by atoms with Crippen LogP contribution in [-0.4, -0.2) is 43.3 Å². The Balaban J connectivity index is 1.76. The lowest BCUT2D eigenvalue weighted by Gasteiger charge is -2.21. The highest BCUT2D eigenvalue weighted by Crippen LogP contribution is 2.12. The summed E-state index contributed by atoms with van der Waals surface area (Å²) in [6.45, 7) is 1.84. The number of likely N-dealkylation sites (tertiary alicyclic amines) is 1. The first kappa shape index (κ1) is 12.6. The van der Waals surface area contributed by atoms with Gasteiger partial charge in [-0.15, -0.1) is 0 Å². The molecule has 0 aromatic heterocycles. The van der Waals surface area contributed by atoms with Gasteiger partial charge in [0.25, 0.3) is 0 Å². The van der Waals surface area contributed by atoms with Crippen LogP contribution >= 0.6 is 0 Å². The maximum absolute atomic E-state index is 11.4. The summed E-state index contributed by atoms with van der Waals surface area (Å²) in [4.78, 5) is 26.3. The number of rotatable bonds is 5. The molecule has 18 heavy (non-hydrogen) atoms. The summed E-state index contributed by atoms with van der Waals surface area (Å²) in [5.41, 5.74) is 1.17. The van der Waals surface area contributed by atoms with Gasteiger partial charge in [0.05, 0.1) is 13.0 Å². The zero-order valence-corrected chi connectivity index (χ0v) is 10.6. The first-order chi connectivity index (χ1) is 8.66. The maximum Gasteiger partial charge on any atom is 0.230 e. The van der Waals surface area contributed by atoms with Gasteiger partial charge in [0.2, 0.25) is 5.91 Å². The molecule has 4 nitrogen and oxygen atoms in total. The molecule has 0 radical (unpaired) electrons. The van der Waals surface area contributed by atoms with Crippen LogP contribution in [0.3, 0.4) is 0 Å². The van der Waals surface area contributed by atoms with Gasteiger partial charge in [-0.05, 0) is 18.6 Å². The van der Waals surface area contributed by atoms with Gasteiger partial charge in [-0.3, -0.25) is 9.59 Å². The summed E-state index contributed by atoms with van der Waals surface area (Å²) < 4.78 is 0. The van der Waals surface area contributed by atoms with E-state index in [4.69, 9.17) is 0 Å². The molecule has 1 aliphatic rings. The van der Waals surface area contributed by atoms with Crippen molar-refractivity contribution in [3.05, 3.63) is 30.3 Å². The summed E-state index contributed by atoms with van der Waals surface area (Å²) in [6.07, 6.45) is 0.971. The number of anilines is 1. The number of nitrogens with zero attached hydrogens (tertiary/aromatic N) is 2. The number of Topliss-reactive ketones (excluding diaryl/α,β-unsaturated/α-hetero) is 1. The predicted octanol–water partition coefficient (Wildman–Crippen LogP) is 1.31. The van der Waals surface area contributed by atoms with Crippen molar-refractivity contribution in [2.45, 2.75) is 12.8 Å². The second-order valence-corrected chi connectivity index (χ2v) is 4.64. The minimum absolute atomic E-state index is 0.0256. The van der Waals surface area contributed by atoms with E-state index in [0.29, 0.717) is 13.1 Å². The fourth-order valence-corrected chi connectivity index (χ4v) is 2.15. The Labute approximate surface area is 107 Å². The smallest absolute Gasteiger partial charge is 0.230 e. The van der Waals surface area contributed by atoms with Crippen LogP contribution in [0.15, 0.2) is 30.3 Å². The van der Waals surface area contributed by atoms with Crippen LogP contribution in [0.25, 0.3) is 0 Å². The zero-order valence-electron chi connectivity index (χ0n) is 10.6. The molecule has 0 bridgehead atoms. The molecule has 0 saturated carbocycles. The first-order valence-corrected chi connectivity index (χ1v) is 6.22. The Kier molecular flexibility index (Phi) is 3.97. The summed E-state index contributed by atoms with van der Waals surface area (Å²) in [6, 6.07) is 10.1. The minimum Gasteiger partial charge on any atom is -0.375 e. The number of ketones is 1. The number of carbonyl (C=O) groups is 2. The Hall–Kier alpha value is -1.84. The molecule has 0 N–H and O–H groups in total. The van der Waals surface area contributed by atoms with Crippen molar-refractivity contribution in [1.82, 2.24) is 4.90 Å². The molecule has 1 aromatic carbocycles. The molecule has 0 atom stereocenters. The molecule has 96 valence electrons. The van der Waals surface area contributed by atoms with Gasteiger partial charge in [-0.2, -0.15) is 0 Å². The molecule has 1 fully saturated rings.